The van der Waals surface area contributed by atoms with Crippen molar-refractivity contribution in [2.45, 2.75) is 19.1 Å². The number of nitrogens with one attached hydrogen (secondary N) is 1. The van der Waals surface area contributed by atoms with Gasteiger partial charge in [-0.05, 0) is 24.6 Å². The minimum absolute atomic E-state index is 0.430. The zero-order valence-corrected chi connectivity index (χ0v) is 9.42. The van der Waals surface area contributed by atoms with Crippen LogP contribution in [0.25, 0.3) is 0 Å². The maximum absolute atomic E-state index is 12.9. The SMILES string of the molecule is CC(NC(=O)OCC(F)(F)F)c1cccc(F)c1. The third-order valence-electron chi connectivity index (χ3n) is 2.05. The molecule has 0 radical (unpaired) electrons. The van der Waals surface area contributed by atoms with Crippen molar-refractivity contribution in [2.75, 3.05) is 6.61 Å². The number of alkyl carbamates (subject to hydrolysis) is 1. The Kier molecular flexibility index (Phi) is 4.52. The molecule has 18 heavy (non-hydrogen) atoms. The van der Waals surface area contributed by atoms with Crippen LogP contribution in [0.5, 0.6) is 0 Å². The first-order chi connectivity index (χ1) is 8.28. The molecule has 7 heteroatoms. The van der Waals surface area contributed by atoms with Gasteiger partial charge in [-0.25, -0.2) is 9.18 Å². The molecule has 0 fully saturated rings. The molecule has 100 valence electrons. The summed E-state index contributed by atoms with van der Waals surface area (Å²) >= 11 is 0. The first kappa shape index (κ1) is 14.3. The Balaban J connectivity index is 2.50. The molecule has 1 unspecified atom stereocenters. The Bertz CT molecular complexity index is 420. The van der Waals surface area contributed by atoms with Crippen LogP contribution >= 0.6 is 0 Å². The lowest BCUT2D eigenvalue weighted by Gasteiger charge is -2.15. The van der Waals surface area contributed by atoms with E-state index in [-0.39, 0.29) is 0 Å². The average molecular weight is 265 g/mol. The monoisotopic (exact) mass is 265 g/mol. The fraction of sp³-hybridized carbons (Fsp3) is 0.364. The Morgan fingerprint density at radius 3 is 2.67 bits per heavy atom. The molecular weight excluding hydrogens is 254 g/mol. The van der Waals surface area contributed by atoms with Crippen molar-refractivity contribution in [2.24, 2.45) is 0 Å². The normalized spacial score (nSPS) is 12.9. The molecule has 0 aliphatic carbocycles. The number of ether oxygens (including phenoxy) is 1. The number of hydrogen-bond acceptors (Lipinski definition) is 2. The first-order valence-corrected chi connectivity index (χ1v) is 5.03. The number of rotatable bonds is 3. The highest BCUT2D eigenvalue weighted by Gasteiger charge is 2.29. The second-order valence-corrected chi connectivity index (χ2v) is 3.61. The van der Waals surface area contributed by atoms with Gasteiger partial charge in [0.1, 0.15) is 5.82 Å². The van der Waals surface area contributed by atoms with Crippen molar-refractivity contribution in [3.63, 3.8) is 0 Å². The summed E-state index contributed by atoms with van der Waals surface area (Å²) in [4.78, 5) is 11.0. The molecule has 0 bridgehead atoms. The van der Waals surface area contributed by atoms with E-state index >= 15 is 0 Å². The van der Waals surface area contributed by atoms with Gasteiger partial charge in [0.15, 0.2) is 6.61 Å². The van der Waals surface area contributed by atoms with Crippen LogP contribution in [0.3, 0.4) is 0 Å². The van der Waals surface area contributed by atoms with Crippen molar-refractivity contribution >= 4 is 6.09 Å². The predicted octanol–water partition coefficient (Wildman–Crippen LogP) is 3.18. The summed E-state index contributed by atoms with van der Waals surface area (Å²) in [5.74, 6) is -0.496. The molecule has 1 atom stereocenters. The highest BCUT2D eigenvalue weighted by atomic mass is 19.4. The second-order valence-electron chi connectivity index (χ2n) is 3.61. The molecular formula is C11H11F4NO2. The van der Waals surface area contributed by atoms with Crippen LogP contribution in [0, 0.1) is 5.82 Å². The third-order valence-corrected chi connectivity index (χ3v) is 2.05. The van der Waals surface area contributed by atoms with E-state index in [1.54, 1.807) is 0 Å². The van der Waals surface area contributed by atoms with E-state index in [4.69, 9.17) is 0 Å². The molecule has 0 saturated heterocycles. The molecule has 0 saturated carbocycles. The quantitative estimate of drug-likeness (QED) is 0.852. The van der Waals surface area contributed by atoms with Crippen LogP contribution in [0.1, 0.15) is 18.5 Å². The van der Waals surface area contributed by atoms with Gasteiger partial charge in [0.05, 0.1) is 6.04 Å². The molecule has 0 aliphatic rings. The zero-order valence-electron chi connectivity index (χ0n) is 9.42. The molecule has 1 amide bonds. The molecule has 1 N–H and O–H groups in total. The topological polar surface area (TPSA) is 38.3 Å². The summed E-state index contributed by atoms with van der Waals surface area (Å²) < 4.78 is 52.2. The van der Waals surface area contributed by atoms with Gasteiger partial charge in [-0.1, -0.05) is 12.1 Å². The largest absolute Gasteiger partial charge is 0.440 e. The van der Waals surface area contributed by atoms with Crippen molar-refractivity contribution in [3.05, 3.63) is 35.6 Å². The Morgan fingerprint density at radius 1 is 1.44 bits per heavy atom. The number of alkyl halides is 3. The van der Waals surface area contributed by atoms with E-state index in [2.05, 4.69) is 10.1 Å². The van der Waals surface area contributed by atoms with Crippen LogP contribution < -0.4 is 5.32 Å². The van der Waals surface area contributed by atoms with Crippen LogP contribution in [0.15, 0.2) is 24.3 Å². The van der Waals surface area contributed by atoms with Crippen molar-refractivity contribution < 1.29 is 27.1 Å². The maximum Gasteiger partial charge on any atom is 0.422 e. The fourth-order valence-electron chi connectivity index (χ4n) is 1.23. The van der Waals surface area contributed by atoms with Crippen LogP contribution in [0.2, 0.25) is 0 Å². The van der Waals surface area contributed by atoms with Gasteiger partial charge in [-0.15, -0.1) is 0 Å². The fourth-order valence-corrected chi connectivity index (χ4v) is 1.23. The zero-order chi connectivity index (χ0) is 13.8. The van der Waals surface area contributed by atoms with Gasteiger partial charge in [0.2, 0.25) is 0 Å². The van der Waals surface area contributed by atoms with E-state index in [1.165, 1.54) is 31.2 Å². The third kappa shape index (κ3) is 5.03. The standard InChI is InChI=1S/C11H11F4NO2/c1-7(8-3-2-4-9(12)5-8)16-10(17)18-6-11(13,14)15/h2-5,7H,6H2,1H3,(H,16,17). The number of halogens is 4. The van der Waals surface area contributed by atoms with Gasteiger partial charge in [-0.2, -0.15) is 13.2 Å². The van der Waals surface area contributed by atoms with E-state index < -0.39 is 30.7 Å². The average Bonchev–Trinajstić information content (AvgIpc) is 2.25. The van der Waals surface area contributed by atoms with Gasteiger partial charge < -0.3 is 10.1 Å². The molecule has 1 rings (SSSR count). The Morgan fingerprint density at radius 2 is 2.11 bits per heavy atom. The highest BCUT2D eigenvalue weighted by molar-refractivity contribution is 5.67. The molecule has 0 aromatic heterocycles. The van der Waals surface area contributed by atoms with E-state index in [9.17, 15) is 22.4 Å². The molecule has 1 aromatic carbocycles. The minimum atomic E-state index is -4.57. The van der Waals surface area contributed by atoms with Gasteiger partial charge in [0, 0.05) is 0 Å². The molecule has 1 aromatic rings. The lowest BCUT2D eigenvalue weighted by Crippen LogP contribution is -2.30. The number of amides is 1. The van der Waals surface area contributed by atoms with Crippen LogP contribution in [-0.4, -0.2) is 18.9 Å². The molecule has 3 nitrogen and oxygen atoms in total. The molecule has 0 spiro atoms. The van der Waals surface area contributed by atoms with E-state index in [0.717, 1.165) is 0 Å². The molecule has 0 aliphatic heterocycles. The Hall–Kier alpha value is -1.79. The van der Waals surface area contributed by atoms with Crippen LogP contribution in [-0.2, 0) is 4.74 Å². The Labute approximate surface area is 101 Å². The van der Waals surface area contributed by atoms with Crippen molar-refractivity contribution in [1.82, 2.24) is 5.32 Å². The highest BCUT2D eigenvalue weighted by Crippen LogP contribution is 2.16. The predicted molar refractivity (Wildman–Crippen MR) is 55.4 cm³/mol. The van der Waals surface area contributed by atoms with Crippen molar-refractivity contribution in [1.29, 1.82) is 0 Å². The van der Waals surface area contributed by atoms with Gasteiger partial charge in [-0.3, -0.25) is 0 Å². The smallest absolute Gasteiger partial charge is 0.422 e. The number of hydrogen-bond donors (Lipinski definition) is 1. The number of carbonyl (C=O) groups excluding carboxylic acids is 1. The van der Waals surface area contributed by atoms with E-state index in [1.807, 2.05) is 0 Å². The summed E-state index contributed by atoms with van der Waals surface area (Å²) in [6, 6.07) is 4.72. The lowest BCUT2D eigenvalue weighted by atomic mass is 10.1. The van der Waals surface area contributed by atoms with Gasteiger partial charge >= 0.3 is 12.3 Å². The van der Waals surface area contributed by atoms with Gasteiger partial charge in [0.25, 0.3) is 0 Å². The first-order valence-electron chi connectivity index (χ1n) is 5.03. The minimum Gasteiger partial charge on any atom is -0.440 e. The van der Waals surface area contributed by atoms with Crippen molar-refractivity contribution in [3.8, 4) is 0 Å². The van der Waals surface area contributed by atoms with Crippen LogP contribution in [0.4, 0.5) is 22.4 Å². The van der Waals surface area contributed by atoms with E-state index in [0.29, 0.717) is 5.56 Å². The number of benzene rings is 1. The second kappa shape index (κ2) is 5.70. The number of carbonyl (C=O) groups is 1. The summed E-state index contributed by atoms with van der Waals surface area (Å²) in [5, 5.41) is 2.17. The molecule has 0 heterocycles. The summed E-state index contributed by atoms with van der Waals surface area (Å²) in [7, 11) is 0. The lowest BCUT2D eigenvalue weighted by molar-refractivity contribution is -0.160. The maximum atomic E-state index is 12.9. The summed E-state index contributed by atoms with van der Waals surface area (Å²) in [6.45, 7) is -0.154. The summed E-state index contributed by atoms with van der Waals surface area (Å²) in [5.41, 5.74) is 0.430. The summed E-state index contributed by atoms with van der Waals surface area (Å²) in [6.07, 6.45) is -5.77.